The molecule has 0 radical (unpaired) electrons. The first-order valence-corrected chi connectivity index (χ1v) is 14.0. The molecular formula is C26H32N4O2S. The zero-order chi connectivity index (χ0) is 22.2. The van der Waals surface area contributed by atoms with Gasteiger partial charge in [-0.2, -0.15) is 4.98 Å². The molecule has 2 aromatic rings. The molecule has 1 saturated heterocycles. The summed E-state index contributed by atoms with van der Waals surface area (Å²) in [6, 6.07) is 7.10. The second kappa shape index (κ2) is 7.25. The van der Waals surface area contributed by atoms with Crippen LogP contribution in [0.4, 0.5) is 11.8 Å². The molecule has 7 rings (SSSR count). The monoisotopic (exact) mass is 464 g/mol. The van der Waals surface area contributed by atoms with E-state index in [1.165, 1.54) is 24.0 Å². The Balaban J connectivity index is 1.17. The van der Waals surface area contributed by atoms with Crippen LogP contribution in [0.3, 0.4) is 0 Å². The van der Waals surface area contributed by atoms with Crippen molar-refractivity contribution in [1.29, 1.82) is 0 Å². The predicted molar refractivity (Wildman–Crippen MR) is 130 cm³/mol. The van der Waals surface area contributed by atoms with Gasteiger partial charge in [-0.3, -0.25) is 4.21 Å². The summed E-state index contributed by atoms with van der Waals surface area (Å²) in [5, 5.41) is 13.6. The normalized spacial score (nSPS) is 26.3. The van der Waals surface area contributed by atoms with Crippen molar-refractivity contribution in [2.75, 3.05) is 35.7 Å². The Morgan fingerprint density at radius 3 is 2.48 bits per heavy atom. The highest BCUT2D eigenvalue weighted by molar-refractivity contribution is 7.85. The van der Waals surface area contributed by atoms with Crippen LogP contribution in [-0.4, -0.2) is 50.3 Å². The molecule has 1 aromatic heterocycles. The first-order chi connectivity index (χ1) is 16.1. The van der Waals surface area contributed by atoms with E-state index in [1.807, 2.05) is 0 Å². The van der Waals surface area contributed by atoms with E-state index in [2.05, 4.69) is 28.4 Å². The number of nitrogens with zero attached hydrogens (tertiary/aromatic N) is 3. The van der Waals surface area contributed by atoms with Gasteiger partial charge in [-0.25, -0.2) is 4.98 Å². The molecule has 1 spiro atoms. The number of rotatable bonds is 5. The van der Waals surface area contributed by atoms with E-state index in [0.29, 0.717) is 11.7 Å². The third-order valence-electron chi connectivity index (χ3n) is 8.98. The Labute approximate surface area is 197 Å². The van der Waals surface area contributed by atoms with E-state index >= 15 is 0 Å². The molecule has 6 nitrogen and oxygen atoms in total. The van der Waals surface area contributed by atoms with E-state index in [-0.39, 0.29) is 17.6 Å². The molecule has 5 aliphatic rings. The van der Waals surface area contributed by atoms with E-state index in [1.54, 1.807) is 5.56 Å². The van der Waals surface area contributed by atoms with Crippen molar-refractivity contribution in [2.24, 2.45) is 0 Å². The molecule has 0 bridgehead atoms. The largest absolute Gasteiger partial charge is 0.394 e. The molecule has 33 heavy (non-hydrogen) atoms. The third-order valence-corrected chi connectivity index (χ3v) is 10.6. The molecule has 2 aliphatic heterocycles. The van der Waals surface area contributed by atoms with Crippen LogP contribution in [0.5, 0.6) is 0 Å². The van der Waals surface area contributed by atoms with E-state index < -0.39 is 10.8 Å². The van der Waals surface area contributed by atoms with Crippen LogP contribution < -0.4 is 10.2 Å². The number of aliphatic hydroxyl groups is 1. The minimum atomic E-state index is -1.06. The number of fused-ring (bicyclic) bond motifs is 3. The highest BCUT2D eigenvalue weighted by Gasteiger charge is 2.55. The number of hydrogen-bond donors (Lipinski definition) is 2. The molecule has 174 valence electrons. The van der Waals surface area contributed by atoms with Gasteiger partial charge < -0.3 is 15.3 Å². The molecule has 3 fully saturated rings. The molecule has 7 heteroatoms. The van der Waals surface area contributed by atoms with Gasteiger partial charge in [0, 0.05) is 24.3 Å². The Morgan fingerprint density at radius 2 is 1.88 bits per heavy atom. The first-order valence-electron chi connectivity index (χ1n) is 12.6. The van der Waals surface area contributed by atoms with Gasteiger partial charge in [-0.05, 0) is 80.4 Å². The molecule has 0 unspecified atom stereocenters. The molecule has 2 N–H and O–H groups in total. The van der Waals surface area contributed by atoms with E-state index in [4.69, 9.17) is 9.97 Å². The average Bonchev–Trinajstić information content (AvgIpc) is 3.51. The number of aliphatic hydroxyl groups excluding tert-OH is 1. The number of anilines is 2. The predicted octanol–water partition coefficient (Wildman–Crippen LogP) is 3.44. The lowest BCUT2D eigenvalue weighted by Crippen LogP contribution is -2.49. The van der Waals surface area contributed by atoms with Crippen molar-refractivity contribution in [2.45, 2.75) is 79.6 Å². The van der Waals surface area contributed by atoms with Gasteiger partial charge in [-0.15, -0.1) is 0 Å². The fourth-order valence-corrected chi connectivity index (χ4v) is 8.08. The molecule has 1 aromatic carbocycles. The summed E-state index contributed by atoms with van der Waals surface area (Å²) < 4.78 is 13.1. The Hall–Kier alpha value is -1.99. The smallest absolute Gasteiger partial charge is 0.227 e. The first kappa shape index (κ1) is 20.4. The number of hydrogen-bond acceptors (Lipinski definition) is 6. The maximum absolute atomic E-state index is 13.1. The zero-order valence-electron chi connectivity index (χ0n) is 19.1. The zero-order valence-corrected chi connectivity index (χ0v) is 19.9. The van der Waals surface area contributed by atoms with Crippen molar-refractivity contribution in [3.63, 3.8) is 0 Å². The fraction of sp³-hybridized carbons (Fsp3) is 0.615. The number of aromatic nitrogens is 2. The lowest BCUT2D eigenvalue weighted by atomic mass is 9.77. The lowest BCUT2D eigenvalue weighted by molar-refractivity contribution is 0.143. The minimum Gasteiger partial charge on any atom is -0.394 e. The van der Waals surface area contributed by atoms with E-state index in [0.717, 1.165) is 80.4 Å². The Morgan fingerprint density at radius 1 is 1.09 bits per heavy atom. The highest BCUT2D eigenvalue weighted by atomic mass is 32.2. The third kappa shape index (κ3) is 3.18. The summed E-state index contributed by atoms with van der Waals surface area (Å²) in [6.45, 7) is 1.98. The second-order valence-electron chi connectivity index (χ2n) is 11.0. The number of nitrogens with one attached hydrogen (secondary N) is 1. The number of benzene rings is 1. The molecule has 2 saturated carbocycles. The SMILES string of the molecule is O=[S@]1CC2(CC2)c2nc(N3CCC(c4ccc5c(c4)CC5)CC3)nc(NC3(CO)CCC3)c21. The second-order valence-corrected chi connectivity index (χ2v) is 12.4. The summed E-state index contributed by atoms with van der Waals surface area (Å²) in [5.41, 5.74) is 5.28. The van der Waals surface area contributed by atoms with Crippen LogP contribution in [-0.2, 0) is 29.1 Å². The van der Waals surface area contributed by atoms with Crippen LogP contribution in [0.1, 0.15) is 73.2 Å². The van der Waals surface area contributed by atoms with Gasteiger partial charge in [0.25, 0.3) is 0 Å². The average molecular weight is 465 g/mol. The maximum Gasteiger partial charge on any atom is 0.227 e. The number of aryl methyl sites for hydroxylation is 2. The summed E-state index contributed by atoms with van der Waals surface area (Å²) in [6.07, 6.45) is 9.82. The lowest BCUT2D eigenvalue weighted by Gasteiger charge is -2.42. The van der Waals surface area contributed by atoms with Gasteiger partial charge in [0.2, 0.25) is 5.95 Å². The molecule has 3 aliphatic carbocycles. The fourth-order valence-electron chi connectivity index (χ4n) is 6.22. The van der Waals surface area contributed by atoms with Crippen LogP contribution in [0.15, 0.2) is 23.1 Å². The van der Waals surface area contributed by atoms with Gasteiger partial charge in [-0.1, -0.05) is 18.2 Å². The molecule has 3 heterocycles. The van der Waals surface area contributed by atoms with Crippen LogP contribution in [0.2, 0.25) is 0 Å². The number of piperidine rings is 1. The van der Waals surface area contributed by atoms with Crippen molar-refractivity contribution < 1.29 is 9.32 Å². The maximum atomic E-state index is 13.1. The minimum absolute atomic E-state index is 0.00450. The van der Waals surface area contributed by atoms with Crippen LogP contribution in [0, 0.1) is 0 Å². The van der Waals surface area contributed by atoms with Crippen molar-refractivity contribution in [1.82, 2.24) is 9.97 Å². The van der Waals surface area contributed by atoms with Gasteiger partial charge in [0.1, 0.15) is 10.7 Å². The summed E-state index contributed by atoms with van der Waals surface area (Å²) in [7, 11) is -1.06. The summed E-state index contributed by atoms with van der Waals surface area (Å²) in [5.74, 6) is 2.79. The molecular weight excluding hydrogens is 432 g/mol. The topological polar surface area (TPSA) is 78.4 Å². The molecule has 0 amide bonds. The Kier molecular flexibility index (Phi) is 4.48. The van der Waals surface area contributed by atoms with Crippen molar-refractivity contribution >= 4 is 22.6 Å². The van der Waals surface area contributed by atoms with Crippen molar-refractivity contribution in [3.8, 4) is 0 Å². The quantitative estimate of drug-likeness (QED) is 0.706. The van der Waals surface area contributed by atoms with Gasteiger partial charge >= 0.3 is 0 Å². The van der Waals surface area contributed by atoms with Crippen LogP contribution >= 0.6 is 0 Å². The van der Waals surface area contributed by atoms with Crippen molar-refractivity contribution in [3.05, 3.63) is 40.6 Å². The van der Waals surface area contributed by atoms with Gasteiger partial charge in [0.05, 0.1) is 28.6 Å². The van der Waals surface area contributed by atoms with E-state index in [9.17, 15) is 9.32 Å². The van der Waals surface area contributed by atoms with Gasteiger partial charge in [0.15, 0.2) is 0 Å². The highest BCUT2D eigenvalue weighted by Crippen LogP contribution is 2.56. The summed E-state index contributed by atoms with van der Waals surface area (Å²) in [4.78, 5) is 13.2. The standard InChI is InChI=1S/C26H32N4O2S/c31-15-26(8-1-9-26)29-23-21-22(25(10-11-25)16-33(21)32)27-24(28-23)30-12-6-18(7-13-30)20-5-3-17-2-4-19(17)14-20/h3,5,14,18,31H,1-2,4,6-13,15-16H2,(H,27,28,29)/t33-/m0/s1. The molecule has 1 atom stereocenters. The van der Waals surface area contributed by atoms with Crippen LogP contribution in [0.25, 0.3) is 0 Å². The Bertz CT molecular complexity index is 1140. The summed E-state index contributed by atoms with van der Waals surface area (Å²) >= 11 is 0.